The summed E-state index contributed by atoms with van der Waals surface area (Å²) in [6, 6.07) is 1.11. The van der Waals surface area contributed by atoms with Crippen molar-refractivity contribution in [3.63, 3.8) is 0 Å². The Hall–Kier alpha value is -2.22. The van der Waals surface area contributed by atoms with Crippen LogP contribution in [0.2, 0.25) is 0 Å². The van der Waals surface area contributed by atoms with Gasteiger partial charge in [0.05, 0.1) is 10.5 Å². The van der Waals surface area contributed by atoms with E-state index in [9.17, 15) is 14.9 Å². The van der Waals surface area contributed by atoms with Crippen molar-refractivity contribution in [1.82, 2.24) is 10.3 Å². The maximum absolute atomic E-state index is 11.8. The highest BCUT2D eigenvalue weighted by Gasteiger charge is 2.16. The van der Waals surface area contributed by atoms with E-state index in [-0.39, 0.29) is 17.1 Å². The van der Waals surface area contributed by atoms with Gasteiger partial charge in [0.1, 0.15) is 12.0 Å². The molecule has 8 heteroatoms. The smallest absolute Gasteiger partial charge is 0.288 e. The highest BCUT2D eigenvalue weighted by Crippen LogP contribution is 2.16. The third kappa shape index (κ3) is 4.51. The summed E-state index contributed by atoms with van der Waals surface area (Å²) >= 11 is 0. The maximum Gasteiger partial charge on any atom is 0.288 e. The summed E-state index contributed by atoms with van der Waals surface area (Å²) in [7, 11) is 0. The van der Waals surface area contributed by atoms with E-state index >= 15 is 0 Å². The number of hydrogen-bond donors (Lipinski definition) is 2. The van der Waals surface area contributed by atoms with E-state index < -0.39 is 10.8 Å². The van der Waals surface area contributed by atoms with E-state index in [0.29, 0.717) is 26.2 Å². The number of carbonyl (C=O) groups is 1. The number of rotatable bonds is 7. The van der Waals surface area contributed by atoms with Crippen molar-refractivity contribution < 1.29 is 14.5 Å². The second kappa shape index (κ2) is 7.27. The molecule has 0 saturated carbocycles. The minimum atomic E-state index is -0.627. The summed E-state index contributed by atoms with van der Waals surface area (Å²) in [6.07, 6.45) is 1.67. The summed E-state index contributed by atoms with van der Waals surface area (Å²) in [5, 5.41) is 13.2. The number of ether oxygens (including phenoxy) is 1. The first-order chi connectivity index (χ1) is 9.06. The van der Waals surface area contributed by atoms with Crippen LogP contribution in [0.15, 0.2) is 12.3 Å². The number of aromatic nitrogens is 1. The minimum Gasteiger partial charge on any atom is -0.383 e. The van der Waals surface area contributed by atoms with E-state index in [0.717, 1.165) is 12.3 Å². The van der Waals surface area contributed by atoms with Gasteiger partial charge in [-0.15, -0.1) is 0 Å². The van der Waals surface area contributed by atoms with E-state index in [1.54, 1.807) is 0 Å². The van der Waals surface area contributed by atoms with Gasteiger partial charge in [0.25, 0.3) is 11.6 Å². The van der Waals surface area contributed by atoms with Crippen molar-refractivity contribution >= 4 is 17.4 Å². The maximum atomic E-state index is 11.8. The quantitative estimate of drug-likeness (QED) is 0.427. The van der Waals surface area contributed by atoms with E-state index in [4.69, 9.17) is 10.5 Å². The van der Waals surface area contributed by atoms with Gasteiger partial charge in [0.15, 0.2) is 0 Å². The lowest BCUT2D eigenvalue weighted by Crippen LogP contribution is -2.26. The third-order valence-electron chi connectivity index (χ3n) is 2.31. The molecule has 0 bridgehead atoms. The SMILES string of the molecule is CCOCCCNC(=O)c1cc([N+](=O)[O-])cnc1N. The number of pyridine rings is 1. The van der Waals surface area contributed by atoms with Crippen molar-refractivity contribution in [3.8, 4) is 0 Å². The third-order valence-corrected chi connectivity index (χ3v) is 2.31. The van der Waals surface area contributed by atoms with Crippen molar-refractivity contribution in [2.45, 2.75) is 13.3 Å². The van der Waals surface area contributed by atoms with Gasteiger partial charge in [-0.05, 0) is 13.3 Å². The zero-order valence-electron chi connectivity index (χ0n) is 10.6. The van der Waals surface area contributed by atoms with Crippen LogP contribution < -0.4 is 11.1 Å². The minimum absolute atomic E-state index is 0.00519. The van der Waals surface area contributed by atoms with Gasteiger partial charge >= 0.3 is 0 Å². The van der Waals surface area contributed by atoms with Gasteiger partial charge < -0.3 is 15.8 Å². The van der Waals surface area contributed by atoms with Crippen LogP contribution in [-0.4, -0.2) is 35.6 Å². The number of nitrogens with zero attached hydrogens (tertiary/aromatic N) is 2. The Balaban J connectivity index is 2.61. The Labute approximate surface area is 110 Å². The number of carbonyl (C=O) groups excluding carboxylic acids is 1. The van der Waals surface area contributed by atoms with Gasteiger partial charge in [0, 0.05) is 25.8 Å². The van der Waals surface area contributed by atoms with Gasteiger partial charge in [-0.25, -0.2) is 4.98 Å². The number of nitrogens with two attached hydrogens (primary N) is 1. The zero-order chi connectivity index (χ0) is 14.3. The van der Waals surface area contributed by atoms with Crippen LogP contribution in [-0.2, 0) is 4.74 Å². The first kappa shape index (κ1) is 14.8. The largest absolute Gasteiger partial charge is 0.383 e. The molecule has 1 heterocycles. The molecular weight excluding hydrogens is 252 g/mol. The predicted octanol–water partition coefficient (Wildman–Crippen LogP) is 0.728. The summed E-state index contributed by atoms with van der Waals surface area (Å²) in [5.74, 6) is -0.516. The van der Waals surface area contributed by atoms with Crippen molar-refractivity contribution in [2.24, 2.45) is 0 Å². The molecule has 104 valence electrons. The lowest BCUT2D eigenvalue weighted by Gasteiger charge is -2.06. The Morgan fingerprint density at radius 1 is 1.63 bits per heavy atom. The molecule has 8 nitrogen and oxygen atoms in total. The topological polar surface area (TPSA) is 120 Å². The van der Waals surface area contributed by atoms with E-state index in [1.807, 2.05) is 6.92 Å². The second-order valence-electron chi connectivity index (χ2n) is 3.69. The van der Waals surface area contributed by atoms with Crippen LogP contribution in [0.4, 0.5) is 11.5 Å². The fourth-order valence-corrected chi connectivity index (χ4v) is 1.36. The molecule has 19 heavy (non-hydrogen) atoms. The van der Waals surface area contributed by atoms with Gasteiger partial charge in [-0.1, -0.05) is 0 Å². The van der Waals surface area contributed by atoms with Crippen molar-refractivity contribution in [1.29, 1.82) is 0 Å². The van der Waals surface area contributed by atoms with Crippen LogP contribution in [0.25, 0.3) is 0 Å². The molecule has 1 amide bonds. The van der Waals surface area contributed by atoms with Crippen LogP contribution in [0.1, 0.15) is 23.7 Å². The second-order valence-corrected chi connectivity index (χ2v) is 3.69. The molecule has 0 atom stereocenters. The average molecular weight is 268 g/mol. The molecule has 0 aliphatic heterocycles. The number of amides is 1. The Morgan fingerprint density at radius 2 is 2.37 bits per heavy atom. The Kier molecular flexibility index (Phi) is 5.68. The number of anilines is 1. The molecule has 0 saturated heterocycles. The molecule has 1 aromatic heterocycles. The Bertz CT molecular complexity index is 464. The van der Waals surface area contributed by atoms with E-state index in [1.165, 1.54) is 0 Å². The Morgan fingerprint density at radius 3 is 3.00 bits per heavy atom. The lowest BCUT2D eigenvalue weighted by atomic mass is 10.2. The van der Waals surface area contributed by atoms with Crippen LogP contribution in [0.3, 0.4) is 0 Å². The molecule has 0 spiro atoms. The summed E-state index contributed by atoms with van der Waals surface area (Å²) in [5.41, 5.74) is 5.26. The average Bonchev–Trinajstić information content (AvgIpc) is 2.38. The molecule has 0 aliphatic carbocycles. The first-order valence-electron chi connectivity index (χ1n) is 5.82. The fourth-order valence-electron chi connectivity index (χ4n) is 1.36. The molecule has 0 fully saturated rings. The van der Waals surface area contributed by atoms with Gasteiger partial charge in [-0.3, -0.25) is 14.9 Å². The fraction of sp³-hybridized carbons (Fsp3) is 0.455. The summed E-state index contributed by atoms with van der Waals surface area (Å²) in [6.45, 7) is 3.45. The van der Waals surface area contributed by atoms with Crippen molar-refractivity contribution in [3.05, 3.63) is 27.9 Å². The summed E-state index contributed by atoms with van der Waals surface area (Å²) in [4.78, 5) is 25.4. The van der Waals surface area contributed by atoms with E-state index in [2.05, 4.69) is 10.3 Å². The monoisotopic (exact) mass is 268 g/mol. The molecule has 0 aliphatic rings. The molecule has 3 N–H and O–H groups in total. The first-order valence-corrected chi connectivity index (χ1v) is 5.82. The molecule has 0 unspecified atom stereocenters. The normalized spacial score (nSPS) is 10.2. The summed E-state index contributed by atoms with van der Waals surface area (Å²) < 4.78 is 5.12. The van der Waals surface area contributed by atoms with Gasteiger partial charge in [0.2, 0.25) is 0 Å². The molecule has 1 aromatic rings. The van der Waals surface area contributed by atoms with Gasteiger partial charge in [-0.2, -0.15) is 0 Å². The number of nitrogens with one attached hydrogen (secondary N) is 1. The molecule has 0 radical (unpaired) electrons. The standard InChI is InChI=1S/C11H16N4O4/c1-2-19-5-3-4-13-11(16)9-6-8(15(17)18)7-14-10(9)12/h6-7H,2-5H2,1H3,(H2,12,14)(H,13,16). The highest BCUT2D eigenvalue weighted by atomic mass is 16.6. The number of nitrogen functional groups attached to an aromatic ring is 1. The molecule has 0 aromatic carbocycles. The van der Waals surface area contributed by atoms with Crippen LogP contribution >= 0.6 is 0 Å². The highest BCUT2D eigenvalue weighted by molar-refractivity contribution is 5.98. The van der Waals surface area contributed by atoms with Crippen molar-refractivity contribution in [2.75, 3.05) is 25.5 Å². The number of hydrogen-bond acceptors (Lipinski definition) is 6. The van der Waals surface area contributed by atoms with Crippen LogP contribution in [0.5, 0.6) is 0 Å². The predicted molar refractivity (Wildman–Crippen MR) is 68.7 cm³/mol. The van der Waals surface area contributed by atoms with Crippen LogP contribution in [0, 0.1) is 10.1 Å². The number of nitro groups is 1. The lowest BCUT2D eigenvalue weighted by molar-refractivity contribution is -0.385. The molecule has 1 rings (SSSR count). The molecular formula is C11H16N4O4. The zero-order valence-corrected chi connectivity index (χ0v) is 10.6.